The number of aliphatic hydroxyl groups is 2. The summed E-state index contributed by atoms with van der Waals surface area (Å²) in [7, 11) is 0. The van der Waals surface area contributed by atoms with Crippen LogP contribution in [0.3, 0.4) is 0 Å². The highest BCUT2D eigenvalue weighted by atomic mass is 19.1. The van der Waals surface area contributed by atoms with Crippen LogP contribution in [0.1, 0.15) is 19.4 Å². The summed E-state index contributed by atoms with van der Waals surface area (Å²) in [4.78, 5) is 29.0. The van der Waals surface area contributed by atoms with Crippen molar-refractivity contribution >= 4 is 11.8 Å². The fraction of sp³-hybridized carbons (Fsp3) is 0.429. The zero-order chi connectivity index (χ0) is 22.4. The molecule has 4 rings (SSSR count). The molecule has 2 saturated heterocycles. The number of aliphatic hydroxyl groups excluding tert-OH is 2. The topological polar surface area (TPSA) is 102 Å². The second-order valence-electron chi connectivity index (χ2n) is 8.01. The molecule has 8 nitrogen and oxygen atoms in total. The molecule has 0 aromatic heterocycles. The van der Waals surface area contributed by atoms with Crippen molar-refractivity contribution in [1.82, 2.24) is 15.1 Å². The molecule has 10 heteroatoms. The van der Waals surface area contributed by atoms with E-state index < -0.39 is 35.3 Å². The van der Waals surface area contributed by atoms with Crippen molar-refractivity contribution in [3.63, 3.8) is 0 Å². The minimum Gasteiger partial charge on any atom is -0.507 e. The molecule has 3 aliphatic rings. The summed E-state index contributed by atoms with van der Waals surface area (Å²) in [5.74, 6) is -3.35. The van der Waals surface area contributed by atoms with Gasteiger partial charge in [-0.2, -0.15) is 0 Å². The van der Waals surface area contributed by atoms with Gasteiger partial charge in [0.2, 0.25) is 0 Å². The Bertz CT molecular complexity index is 1010. The van der Waals surface area contributed by atoms with Gasteiger partial charge in [-0.3, -0.25) is 9.59 Å². The number of rotatable bonds is 4. The fourth-order valence-corrected chi connectivity index (χ4v) is 4.16. The predicted molar refractivity (Wildman–Crippen MR) is 104 cm³/mol. The molecule has 3 heterocycles. The van der Waals surface area contributed by atoms with Gasteiger partial charge in [0.25, 0.3) is 11.8 Å². The van der Waals surface area contributed by atoms with Crippen molar-refractivity contribution in [2.24, 2.45) is 0 Å². The molecule has 2 atom stereocenters. The number of hydrogen-bond donors (Lipinski definition) is 3. The molecule has 2 unspecified atom stereocenters. The number of carbonyl (C=O) groups excluding carboxylic acids is 2. The summed E-state index contributed by atoms with van der Waals surface area (Å²) >= 11 is 0. The van der Waals surface area contributed by atoms with E-state index >= 15 is 0 Å². The fourth-order valence-electron chi connectivity index (χ4n) is 4.16. The molecule has 0 bridgehead atoms. The van der Waals surface area contributed by atoms with Crippen molar-refractivity contribution in [3.05, 3.63) is 58.1 Å². The van der Waals surface area contributed by atoms with Gasteiger partial charge < -0.3 is 30.1 Å². The SMILES string of the molecule is CC(C)N1CC2COCC3=C(C(=O)NCc4ccc(F)cc4F)C(O)C(O)=C(C1=O)N32. The summed E-state index contributed by atoms with van der Waals surface area (Å²) in [6.07, 6.45) is -1.74. The van der Waals surface area contributed by atoms with E-state index in [1.807, 2.05) is 13.8 Å². The van der Waals surface area contributed by atoms with Gasteiger partial charge in [0.1, 0.15) is 23.4 Å². The Morgan fingerprint density at radius 3 is 2.77 bits per heavy atom. The molecule has 2 amide bonds. The van der Waals surface area contributed by atoms with Crippen LogP contribution in [0.5, 0.6) is 0 Å². The number of nitrogens with zero attached hydrogens (tertiary/aromatic N) is 2. The molecule has 1 aromatic carbocycles. The number of hydrogen-bond acceptors (Lipinski definition) is 6. The highest BCUT2D eigenvalue weighted by molar-refractivity contribution is 6.00. The monoisotopic (exact) mass is 435 g/mol. The van der Waals surface area contributed by atoms with E-state index in [4.69, 9.17) is 4.74 Å². The molecule has 0 radical (unpaired) electrons. The summed E-state index contributed by atoms with van der Waals surface area (Å²) in [6.45, 7) is 4.02. The second kappa shape index (κ2) is 7.93. The Kier molecular flexibility index (Phi) is 5.44. The third kappa shape index (κ3) is 3.55. The van der Waals surface area contributed by atoms with Crippen molar-refractivity contribution in [2.75, 3.05) is 19.8 Å². The van der Waals surface area contributed by atoms with E-state index in [1.54, 1.807) is 9.80 Å². The number of morpholine rings is 1. The van der Waals surface area contributed by atoms with Crippen LogP contribution in [0.25, 0.3) is 0 Å². The van der Waals surface area contributed by atoms with Crippen LogP contribution in [-0.2, 0) is 20.9 Å². The highest BCUT2D eigenvalue weighted by Crippen LogP contribution is 2.38. The standard InChI is InChI=1S/C21H23F2N3O5/c1-10(2)25-7-13-8-31-9-15-16(18(27)19(28)17(21(25)30)26(13)15)20(29)24-6-11-3-4-12(22)5-14(11)23/h3-5,10,13,18,27-28H,6-9H2,1-2H3,(H,24,29). The lowest BCUT2D eigenvalue weighted by Crippen LogP contribution is -2.62. The quantitative estimate of drug-likeness (QED) is 0.651. The maximum absolute atomic E-state index is 13.9. The third-order valence-electron chi connectivity index (χ3n) is 5.73. The summed E-state index contributed by atoms with van der Waals surface area (Å²) in [5.41, 5.74) is 0.117. The van der Waals surface area contributed by atoms with E-state index in [1.165, 1.54) is 6.07 Å². The first-order valence-corrected chi connectivity index (χ1v) is 9.95. The largest absolute Gasteiger partial charge is 0.507 e. The first-order chi connectivity index (χ1) is 14.7. The molecule has 0 saturated carbocycles. The summed E-state index contributed by atoms with van der Waals surface area (Å²) < 4.78 is 32.6. The van der Waals surface area contributed by atoms with Gasteiger partial charge in [0, 0.05) is 30.8 Å². The van der Waals surface area contributed by atoms with Crippen LogP contribution in [0, 0.1) is 11.6 Å². The van der Waals surface area contributed by atoms with Crippen molar-refractivity contribution < 1.29 is 33.3 Å². The highest BCUT2D eigenvalue weighted by Gasteiger charge is 2.49. The van der Waals surface area contributed by atoms with E-state index in [0.29, 0.717) is 12.6 Å². The van der Waals surface area contributed by atoms with Gasteiger partial charge in [-0.05, 0) is 19.9 Å². The maximum Gasteiger partial charge on any atom is 0.274 e. The first-order valence-electron chi connectivity index (χ1n) is 9.95. The van der Waals surface area contributed by atoms with Gasteiger partial charge in [0.05, 0.1) is 30.5 Å². The molecule has 3 N–H and O–H groups in total. The van der Waals surface area contributed by atoms with Crippen LogP contribution in [-0.4, -0.2) is 69.8 Å². The average molecular weight is 435 g/mol. The lowest BCUT2D eigenvalue weighted by atomic mass is 9.92. The third-order valence-corrected chi connectivity index (χ3v) is 5.73. The van der Waals surface area contributed by atoms with E-state index in [-0.39, 0.29) is 54.4 Å². The van der Waals surface area contributed by atoms with Crippen LogP contribution in [0.15, 0.2) is 40.9 Å². The van der Waals surface area contributed by atoms with Gasteiger partial charge in [-0.15, -0.1) is 0 Å². The predicted octanol–water partition coefficient (Wildman–Crippen LogP) is 0.931. The van der Waals surface area contributed by atoms with Crippen LogP contribution in [0.2, 0.25) is 0 Å². The lowest BCUT2D eigenvalue weighted by Gasteiger charge is -2.50. The minimum absolute atomic E-state index is 0.0348. The lowest BCUT2D eigenvalue weighted by molar-refractivity contribution is -0.139. The first kappa shape index (κ1) is 21.3. The number of halogens is 2. The molecule has 1 aromatic rings. The average Bonchev–Trinajstić information content (AvgIpc) is 2.71. The van der Waals surface area contributed by atoms with Crippen molar-refractivity contribution in [1.29, 1.82) is 0 Å². The Morgan fingerprint density at radius 1 is 1.35 bits per heavy atom. The number of nitrogens with one attached hydrogen (secondary N) is 1. The Hall–Kier alpha value is -2.98. The number of amides is 2. The van der Waals surface area contributed by atoms with Crippen molar-refractivity contribution in [3.8, 4) is 0 Å². The minimum atomic E-state index is -1.74. The molecule has 166 valence electrons. The normalized spacial score (nSPS) is 23.5. The van der Waals surface area contributed by atoms with E-state index in [9.17, 15) is 28.6 Å². The molecule has 0 spiro atoms. The van der Waals surface area contributed by atoms with Crippen LogP contribution >= 0.6 is 0 Å². The smallest absolute Gasteiger partial charge is 0.274 e. The maximum atomic E-state index is 13.9. The molecule has 0 aliphatic carbocycles. The van der Waals surface area contributed by atoms with Crippen LogP contribution < -0.4 is 5.32 Å². The van der Waals surface area contributed by atoms with E-state index in [2.05, 4.69) is 5.32 Å². The summed E-state index contributed by atoms with van der Waals surface area (Å²) in [6, 6.07) is 2.53. The van der Waals surface area contributed by atoms with Gasteiger partial charge in [-0.1, -0.05) is 6.07 Å². The zero-order valence-corrected chi connectivity index (χ0v) is 17.1. The number of carbonyl (C=O) groups is 2. The Balaban J connectivity index is 1.65. The number of benzene rings is 1. The molecule has 31 heavy (non-hydrogen) atoms. The summed E-state index contributed by atoms with van der Waals surface area (Å²) in [5, 5.41) is 23.8. The van der Waals surface area contributed by atoms with Gasteiger partial charge in [0.15, 0.2) is 5.76 Å². The molecule has 2 fully saturated rings. The van der Waals surface area contributed by atoms with Gasteiger partial charge in [-0.25, -0.2) is 8.78 Å². The number of ether oxygens (including phenoxy) is 1. The number of piperazine rings is 1. The second-order valence-corrected chi connectivity index (χ2v) is 8.01. The molecular formula is C21H23F2N3O5. The molecular weight excluding hydrogens is 412 g/mol. The van der Waals surface area contributed by atoms with Gasteiger partial charge >= 0.3 is 0 Å². The van der Waals surface area contributed by atoms with E-state index in [0.717, 1.165) is 6.07 Å². The molecule has 3 aliphatic heterocycles. The Labute approximate surface area is 177 Å². The van der Waals surface area contributed by atoms with Crippen LogP contribution in [0.4, 0.5) is 8.78 Å². The Morgan fingerprint density at radius 2 is 2.10 bits per heavy atom. The van der Waals surface area contributed by atoms with Crippen molar-refractivity contribution in [2.45, 2.75) is 38.6 Å². The zero-order valence-electron chi connectivity index (χ0n) is 17.1.